The highest BCUT2D eigenvalue weighted by molar-refractivity contribution is 5.97. The second kappa shape index (κ2) is 4.05. The quantitative estimate of drug-likeness (QED) is 0.785. The Bertz CT molecular complexity index is 384. The van der Waals surface area contributed by atoms with Crippen LogP contribution in [0.3, 0.4) is 0 Å². The summed E-state index contributed by atoms with van der Waals surface area (Å²) in [7, 11) is 0. The van der Waals surface area contributed by atoms with Crippen LogP contribution in [0.15, 0.2) is 18.2 Å². The summed E-state index contributed by atoms with van der Waals surface area (Å²) in [6.07, 6.45) is 3.00. The second-order valence-electron chi connectivity index (χ2n) is 4.08. The molecule has 0 aromatic heterocycles. The van der Waals surface area contributed by atoms with Gasteiger partial charge in [-0.15, -0.1) is 0 Å². The number of aryl methyl sites for hydroxylation is 1. The summed E-state index contributed by atoms with van der Waals surface area (Å²) < 4.78 is 0. The van der Waals surface area contributed by atoms with Gasteiger partial charge in [-0.05, 0) is 36.5 Å². The van der Waals surface area contributed by atoms with Crippen molar-refractivity contribution in [1.29, 1.82) is 0 Å². The van der Waals surface area contributed by atoms with E-state index in [-0.39, 0.29) is 5.91 Å². The van der Waals surface area contributed by atoms with E-state index in [1.165, 1.54) is 11.1 Å². The molecule has 0 spiro atoms. The van der Waals surface area contributed by atoms with Crippen LogP contribution in [-0.2, 0) is 12.8 Å². The third-order valence-corrected chi connectivity index (χ3v) is 3.18. The molecule has 0 saturated heterocycles. The zero-order valence-corrected chi connectivity index (χ0v) is 9.34. The molecule has 1 amide bonds. The maximum Gasteiger partial charge on any atom is 0.251 e. The highest BCUT2D eigenvalue weighted by Gasteiger charge is 2.24. The van der Waals surface area contributed by atoms with E-state index in [1.807, 2.05) is 12.1 Å². The average Bonchev–Trinajstić information content (AvgIpc) is 2.28. The Labute approximate surface area is 90.7 Å². The van der Waals surface area contributed by atoms with Gasteiger partial charge in [0.25, 0.3) is 5.91 Å². The van der Waals surface area contributed by atoms with E-state index in [1.54, 1.807) is 0 Å². The molecule has 80 valence electrons. The van der Waals surface area contributed by atoms with Crippen LogP contribution in [0.2, 0.25) is 0 Å². The van der Waals surface area contributed by atoms with E-state index < -0.39 is 0 Å². The van der Waals surface area contributed by atoms with Crippen molar-refractivity contribution in [3.05, 3.63) is 34.9 Å². The van der Waals surface area contributed by atoms with Crippen molar-refractivity contribution >= 4 is 5.91 Å². The number of rotatable bonds is 2. The van der Waals surface area contributed by atoms with E-state index in [0.29, 0.717) is 6.04 Å². The fourth-order valence-corrected chi connectivity index (χ4v) is 2.23. The van der Waals surface area contributed by atoms with Crippen molar-refractivity contribution in [2.75, 3.05) is 0 Å². The van der Waals surface area contributed by atoms with E-state index in [2.05, 4.69) is 25.2 Å². The van der Waals surface area contributed by atoms with Crippen molar-refractivity contribution in [1.82, 2.24) is 5.32 Å². The van der Waals surface area contributed by atoms with Gasteiger partial charge in [-0.2, -0.15) is 0 Å². The van der Waals surface area contributed by atoms with Crippen LogP contribution in [-0.4, -0.2) is 11.9 Å². The first-order chi connectivity index (χ1) is 7.26. The Hall–Kier alpha value is -1.31. The van der Waals surface area contributed by atoms with Crippen molar-refractivity contribution in [3.63, 3.8) is 0 Å². The highest BCUT2D eigenvalue weighted by Crippen LogP contribution is 2.22. The molecule has 2 rings (SSSR count). The number of hydrogen-bond donors (Lipinski definition) is 1. The smallest absolute Gasteiger partial charge is 0.251 e. The standard InChI is InChI=1S/C13H17NO/c1-3-9-6-5-7-11-12(9)8-10(4-2)14-13(11)15/h5-7,10H,3-4,8H2,1-2H3,(H,14,15). The number of nitrogens with one attached hydrogen (secondary N) is 1. The molecule has 0 aliphatic carbocycles. The van der Waals surface area contributed by atoms with Gasteiger partial charge in [0, 0.05) is 11.6 Å². The van der Waals surface area contributed by atoms with E-state index in [0.717, 1.165) is 24.8 Å². The lowest BCUT2D eigenvalue weighted by atomic mass is 9.89. The normalized spacial score (nSPS) is 19.6. The number of hydrogen-bond acceptors (Lipinski definition) is 1. The molecule has 1 aromatic carbocycles. The minimum atomic E-state index is 0.0957. The minimum absolute atomic E-state index is 0.0957. The maximum atomic E-state index is 11.8. The Morgan fingerprint density at radius 2 is 2.20 bits per heavy atom. The summed E-state index contributed by atoms with van der Waals surface area (Å²) in [6, 6.07) is 6.35. The number of amides is 1. The molecule has 1 aromatic rings. The molecule has 1 aliphatic heterocycles. The summed E-state index contributed by atoms with van der Waals surface area (Å²) in [4.78, 5) is 11.8. The largest absolute Gasteiger partial charge is 0.349 e. The van der Waals surface area contributed by atoms with Crippen LogP contribution in [0.5, 0.6) is 0 Å². The van der Waals surface area contributed by atoms with E-state index in [4.69, 9.17) is 0 Å². The Morgan fingerprint density at radius 1 is 1.40 bits per heavy atom. The van der Waals surface area contributed by atoms with Gasteiger partial charge in [-0.1, -0.05) is 26.0 Å². The van der Waals surface area contributed by atoms with E-state index in [9.17, 15) is 4.79 Å². The summed E-state index contributed by atoms with van der Waals surface area (Å²) in [5.41, 5.74) is 3.45. The number of carbonyl (C=O) groups excluding carboxylic acids is 1. The van der Waals surface area contributed by atoms with Gasteiger partial charge in [-0.25, -0.2) is 0 Å². The predicted octanol–water partition coefficient (Wildman–Crippen LogP) is 2.31. The van der Waals surface area contributed by atoms with Gasteiger partial charge < -0.3 is 5.32 Å². The molecule has 0 fully saturated rings. The first kappa shape index (κ1) is 10.2. The number of benzene rings is 1. The van der Waals surface area contributed by atoms with Crippen LogP contribution in [0.1, 0.15) is 41.8 Å². The zero-order valence-electron chi connectivity index (χ0n) is 9.34. The SMILES string of the molecule is CCc1cccc2c1CC(CC)NC2=O. The zero-order chi connectivity index (χ0) is 10.8. The summed E-state index contributed by atoms with van der Waals surface area (Å²) >= 11 is 0. The number of carbonyl (C=O) groups is 1. The minimum Gasteiger partial charge on any atom is -0.349 e. The average molecular weight is 203 g/mol. The highest BCUT2D eigenvalue weighted by atomic mass is 16.1. The number of fused-ring (bicyclic) bond motifs is 1. The van der Waals surface area contributed by atoms with Crippen molar-refractivity contribution in [2.24, 2.45) is 0 Å². The van der Waals surface area contributed by atoms with Gasteiger partial charge in [0.05, 0.1) is 0 Å². The molecule has 0 bridgehead atoms. The van der Waals surface area contributed by atoms with Crippen LogP contribution >= 0.6 is 0 Å². The summed E-state index contributed by atoms with van der Waals surface area (Å²) in [5.74, 6) is 0.0957. The second-order valence-corrected chi connectivity index (χ2v) is 4.08. The molecule has 2 nitrogen and oxygen atoms in total. The fraction of sp³-hybridized carbons (Fsp3) is 0.462. The monoisotopic (exact) mass is 203 g/mol. The van der Waals surface area contributed by atoms with E-state index >= 15 is 0 Å². The first-order valence-corrected chi connectivity index (χ1v) is 5.67. The Morgan fingerprint density at radius 3 is 2.87 bits per heavy atom. The molecule has 1 heterocycles. The molecular formula is C13H17NO. The Kier molecular flexibility index (Phi) is 2.76. The van der Waals surface area contributed by atoms with Crippen molar-refractivity contribution in [2.45, 2.75) is 39.2 Å². The van der Waals surface area contributed by atoms with Crippen LogP contribution in [0, 0.1) is 0 Å². The van der Waals surface area contributed by atoms with Gasteiger partial charge in [-0.3, -0.25) is 4.79 Å². The lowest BCUT2D eigenvalue weighted by Crippen LogP contribution is -2.41. The Balaban J connectivity index is 2.45. The fourth-order valence-electron chi connectivity index (χ4n) is 2.23. The van der Waals surface area contributed by atoms with Gasteiger partial charge in [0.2, 0.25) is 0 Å². The third-order valence-electron chi connectivity index (χ3n) is 3.18. The topological polar surface area (TPSA) is 29.1 Å². The molecule has 1 aliphatic rings. The molecule has 1 N–H and O–H groups in total. The van der Waals surface area contributed by atoms with Gasteiger partial charge in [0.1, 0.15) is 0 Å². The predicted molar refractivity (Wildman–Crippen MR) is 61.1 cm³/mol. The van der Waals surface area contributed by atoms with Gasteiger partial charge >= 0.3 is 0 Å². The molecule has 2 heteroatoms. The lowest BCUT2D eigenvalue weighted by molar-refractivity contribution is 0.0924. The van der Waals surface area contributed by atoms with Gasteiger partial charge in [0.15, 0.2) is 0 Å². The first-order valence-electron chi connectivity index (χ1n) is 5.67. The lowest BCUT2D eigenvalue weighted by Gasteiger charge is -2.26. The maximum absolute atomic E-state index is 11.8. The molecular weight excluding hydrogens is 186 g/mol. The molecule has 0 saturated carbocycles. The molecule has 0 radical (unpaired) electrons. The molecule has 1 unspecified atom stereocenters. The molecule has 15 heavy (non-hydrogen) atoms. The van der Waals surface area contributed by atoms with Crippen molar-refractivity contribution < 1.29 is 4.79 Å². The summed E-state index contributed by atoms with van der Waals surface area (Å²) in [5, 5.41) is 3.03. The summed E-state index contributed by atoms with van der Waals surface area (Å²) in [6.45, 7) is 4.26. The van der Waals surface area contributed by atoms with Crippen molar-refractivity contribution in [3.8, 4) is 0 Å². The third kappa shape index (κ3) is 1.76. The van der Waals surface area contributed by atoms with Crippen LogP contribution in [0.4, 0.5) is 0 Å². The molecule has 1 atom stereocenters. The van der Waals surface area contributed by atoms with Crippen LogP contribution in [0.25, 0.3) is 0 Å². The van der Waals surface area contributed by atoms with Crippen LogP contribution < -0.4 is 5.32 Å².